The third-order valence-corrected chi connectivity index (χ3v) is 16.8. The van der Waals surface area contributed by atoms with Crippen molar-refractivity contribution in [3.05, 3.63) is 196 Å². The highest BCUT2D eigenvalue weighted by molar-refractivity contribution is 6.30. The quantitative estimate of drug-likeness (QED) is 0.153. The molecule has 2 heterocycles. The van der Waals surface area contributed by atoms with Gasteiger partial charge >= 0.3 is 0 Å². The normalized spacial score (nSPS) is 22.0. The maximum atomic E-state index is 14.9. The first kappa shape index (κ1) is 34.3. The Balaban J connectivity index is 1.21. The van der Waals surface area contributed by atoms with Crippen LogP contribution in [0.3, 0.4) is 0 Å². The molecule has 8 aromatic carbocycles. The SMILES string of the molecule is CC12CCC(C)(CC1)c1cc3c4cc5c(c6c7c8c(c(C#N)cc7n(c3cc1C2=O)c46)-c1ccccc1-c1ccccc1-c1ccccc1-8)C1c2ccccc2C5c2ccccc21. The van der Waals surface area contributed by atoms with E-state index in [1.165, 1.54) is 77.1 Å². The molecule has 63 heavy (non-hydrogen) atoms. The summed E-state index contributed by atoms with van der Waals surface area (Å²) in [5.74, 6) is 0.404. The monoisotopic (exact) mass is 804 g/mol. The van der Waals surface area contributed by atoms with Gasteiger partial charge in [-0.2, -0.15) is 5.26 Å². The fourth-order valence-corrected chi connectivity index (χ4v) is 13.8. The van der Waals surface area contributed by atoms with E-state index in [1.54, 1.807) is 0 Å². The second-order valence-electron chi connectivity index (χ2n) is 19.8. The number of nitriles is 1. The molecule has 0 unspecified atom stereocenters. The van der Waals surface area contributed by atoms with Gasteiger partial charge in [0.25, 0.3) is 0 Å². The summed E-state index contributed by atoms with van der Waals surface area (Å²) >= 11 is 0. The van der Waals surface area contributed by atoms with Crippen molar-refractivity contribution in [2.75, 3.05) is 0 Å². The molecule has 2 aromatic heterocycles. The standard InChI is InChI=1S/C60H40N2O/c1-59-23-25-60(2,26-24-59)58(63)45-30-48-43(29-47(45)59)44-28-46-51-39-19-9-11-21-41(39)52(42-22-12-10-20-40(42)51)54(46)56-55-49(62(48)57(44)56)27-32(31-61)50-37-17-7-5-15-35(37)33-13-3-4-14-34(33)36-16-6-8-18-38(36)53(50)55/h3-22,27-30,51-52H,23-26H2,1-2H3. The van der Waals surface area contributed by atoms with Crippen LogP contribution in [0.25, 0.3) is 82.6 Å². The molecule has 10 aromatic rings. The lowest BCUT2D eigenvalue weighted by molar-refractivity contribution is 0.0732. The van der Waals surface area contributed by atoms with Crippen molar-refractivity contribution in [1.29, 1.82) is 5.26 Å². The Hall–Kier alpha value is -7.28. The van der Waals surface area contributed by atoms with Crippen LogP contribution in [0, 0.1) is 16.7 Å². The Labute approximate surface area is 365 Å². The molecule has 4 bridgehead atoms. The average Bonchev–Trinajstić information content (AvgIpc) is 3.80. The molecule has 0 radical (unpaired) electrons. The maximum absolute atomic E-state index is 14.9. The predicted molar refractivity (Wildman–Crippen MR) is 254 cm³/mol. The van der Waals surface area contributed by atoms with Crippen LogP contribution < -0.4 is 0 Å². The average molecular weight is 805 g/mol. The van der Waals surface area contributed by atoms with Gasteiger partial charge in [0, 0.05) is 55.5 Å². The zero-order valence-corrected chi connectivity index (χ0v) is 35.1. The molecule has 0 N–H and O–H groups in total. The number of fused-ring (bicyclic) bond motifs is 17. The molecular formula is C60H40N2O. The highest BCUT2D eigenvalue weighted by atomic mass is 16.1. The van der Waals surface area contributed by atoms with Crippen molar-refractivity contribution in [2.24, 2.45) is 5.41 Å². The molecule has 296 valence electrons. The number of rotatable bonds is 0. The number of hydrogen-bond acceptors (Lipinski definition) is 2. The molecular weight excluding hydrogens is 765 g/mol. The number of carbonyl (C=O) groups excluding carboxylic acids is 1. The first-order valence-corrected chi connectivity index (χ1v) is 22.7. The minimum Gasteiger partial charge on any atom is -0.308 e. The van der Waals surface area contributed by atoms with E-state index in [1.807, 2.05) is 0 Å². The van der Waals surface area contributed by atoms with Crippen LogP contribution in [-0.4, -0.2) is 10.2 Å². The van der Waals surface area contributed by atoms with Gasteiger partial charge < -0.3 is 4.40 Å². The molecule has 0 saturated heterocycles. The van der Waals surface area contributed by atoms with E-state index in [-0.39, 0.29) is 22.7 Å². The van der Waals surface area contributed by atoms with E-state index >= 15 is 0 Å². The largest absolute Gasteiger partial charge is 0.308 e. The summed E-state index contributed by atoms with van der Waals surface area (Å²) in [7, 11) is 0. The Morgan fingerprint density at radius 2 is 1.02 bits per heavy atom. The summed E-state index contributed by atoms with van der Waals surface area (Å²) < 4.78 is 2.48. The van der Waals surface area contributed by atoms with Crippen LogP contribution in [0.1, 0.15) is 106 Å². The maximum Gasteiger partial charge on any atom is 0.169 e. The Kier molecular flexibility index (Phi) is 6.21. The van der Waals surface area contributed by atoms with Gasteiger partial charge in [-0.3, -0.25) is 4.79 Å². The van der Waals surface area contributed by atoms with Gasteiger partial charge in [0.2, 0.25) is 0 Å². The van der Waals surface area contributed by atoms with Crippen molar-refractivity contribution >= 4 is 43.9 Å². The third kappa shape index (κ3) is 3.97. The van der Waals surface area contributed by atoms with Crippen LogP contribution in [0.15, 0.2) is 146 Å². The number of carbonyl (C=O) groups is 1. The van der Waals surface area contributed by atoms with E-state index in [0.29, 0.717) is 11.3 Å². The summed E-state index contributed by atoms with van der Waals surface area (Å²) in [6, 6.07) is 56.8. The summed E-state index contributed by atoms with van der Waals surface area (Å²) in [4.78, 5) is 14.9. The Morgan fingerprint density at radius 1 is 0.508 bits per heavy atom. The Morgan fingerprint density at radius 3 is 1.60 bits per heavy atom. The molecule has 0 spiro atoms. The highest BCUT2D eigenvalue weighted by Gasteiger charge is 2.49. The van der Waals surface area contributed by atoms with Crippen molar-refractivity contribution < 1.29 is 4.79 Å². The van der Waals surface area contributed by atoms with Crippen LogP contribution in [0.2, 0.25) is 0 Å². The van der Waals surface area contributed by atoms with Crippen LogP contribution in [0.4, 0.5) is 0 Å². The predicted octanol–water partition coefficient (Wildman–Crippen LogP) is 14.7. The molecule has 3 nitrogen and oxygen atoms in total. The van der Waals surface area contributed by atoms with Crippen LogP contribution >= 0.6 is 0 Å². The van der Waals surface area contributed by atoms with E-state index in [4.69, 9.17) is 0 Å². The summed E-state index contributed by atoms with van der Waals surface area (Å²) in [5.41, 5.74) is 22.9. The zero-order chi connectivity index (χ0) is 41.7. The van der Waals surface area contributed by atoms with Gasteiger partial charge in [-0.25, -0.2) is 0 Å². The molecule has 17 rings (SSSR count). The van der Waals surface area contributed by atoms with Gasteiger partial charge in [-0.15, -0.1) is 0 Å². The zero-order valence-electron chi connectivity index (χ0n) is 35.1. The van der Waals surface area contributed by atoms with Crippen molar-refractivity contribution in [3.8, 4) is 50.6 Å². The van der Waals surface area contributed by atoms with E-state index in [9.17, 15) is 10.1 Å². The number of ketones is 1. The molecule has 7 aliphatic rings. The number of Topliss-reactive ketones (excluding diaryl/α,β-unsaturated/α-hetero) is 1. The highest BCUT2D eigenvalue weighted by Crippen LogP contribution is 2.62. The van der Waals surface area contributed by atoms with Gasteiger partial charge in [0.05, 0.1) is 28.2 Å². The van der Waals surface area contributed by atoms with Gasteiger partial charge in [-0.05, 0) is 128 Å². The second kappa shape index (κ2) is 11.4. The van der Waals surface area contributed by atoms with Crippen molar-refractivity contribution in [3.63, 3.8) is 0 Å². The van der Waals surface area contributed by atoms with Gasteiger partial charge in [-0.1, -0.05) is 135 Å². The fourth-order valence-electron chi connectivity index (χ4n) is 13.8. The van der Waals surface area contributed by atoms with E-state index in [0.717, 1.165) is 75.7 Å². The Bertz CT molecular complexity index is 3780. The van der Waals surface area contributed by atoms with Crippen molar-refractivity contribution in [2.45, 2.75) is 56.8 Å². The summed E-state index contributed by atoms with van der Waals surface area (Å²) in [6.07, 6.45) is 3.89. The number of hydrogen-bond donors (Lipinski definition) is 0. The number of nitrogens with zero attached hydrogens (tertiary/aromatic N) is 2. The third-order valence-electron chi connectivity index (χ3n) is 16.8. The lowest BCUT2D eigenvalue weighted by atomic mass is 9.60. The van der Waals surface area contributed by atoms with Gasteiger partial charge in [0.15, 0.2) is 5.78 Å². The van der Waals surface area contributed by atoms with E-state index < -0.39 is 0 Å². The fraction of sp³-hybridized carbons (Fsp3) is 0.167. The topological polar surface area (TPSA) is 45.3 Å². The summed E-state index contributed by atoms with van der Waals surface area (Å²) in [6.45, 7) is 4.61. The van der Waals surface area contributed by atoms with Crippen LogP contribution in [-0.2, 0) is 5.41 Å². The first-order valence-electron chi connectivity index (χ1n) is 22.7. The molecule has 0 atom stereocenters. The molecule has 1 fully saturated rings. The van der Waals surface area contributed by atoms with E-state index in [2.05, 4.69) is 170 Å². The first-order chi connectivity index (χ1) is 30.9. The molecule has 0 aliphatic heterocycles. The minimum absolute atomic E-state index is 0.0326. The lowest BCUT2D eigenvalue weighted by Gasteiger charge is -2.42. The smallest absolute Gasteiger partial charge is 0.169 e. The molecule has 0 amide bonds. The minimum atomic E-state index is -0.356. The molecule has 3 heteroatoms. The van der Waals surface area contributed by atoms with Crippen molar-refractivity contribution in [1.82, 2.24) is 4.40 Å². The number of benzene rings is 8. The summed E-state index contributed by atoms with van der Waals surface area (Å²) in [5, 5.41) is 16.4. The number of aromatic nitrogens is 1. The molecule has 7 aliphatic carbocycles. The molecule has 1 saturated carbocycles. The lowest BCUT2D eigenvalue weighted by Crippen LogP contribution is -2.33. The van der Waals surface area contributed by atoms with Gasteiger partial charge in [0.1, 0.15) is 0 Å². The van der Waals surface area contributed by atoms with Crippen LogP contribution in [0.5, 0.6) is 0 Å². The second-order valence-corrected chi connectivity index (χ2v) is 19.8.